The Morgan fingerprint density at radius 3 is 2.56 bits per heavy atom. The molecule has 106 valence electrons. The van der Waals surface area contributed by atoms with E-state index in [4.69, 9.17) is 4.74 Å². The zero-order chi connectivity index (χ0) is 13.4. The van der Waals surface area contributed by atoms with E-state index in [-0.39, 0.29) is 17.5 Å². The summed E-state index contributed by atoms with van der Waals surface area (Å²) < 4.78 is 5.31. The normalized spacial score (nSPS) is 20.4. The Bertz CT molecular complexity index is 250. The molecule has 0 aliphatic heterocycles. The lowest BCUT2D eigenvalue weighted by Crippen LogP contribution is -2.49. The molecular formula is C14H28N2O2. The summed E-state index contributed by atoms with van der Waals surface area (Å²) in [5, 5.41) is 6.39. The van der Waals surface area contributed by atoms with Gasteiger partial charge in [0.2, 0.25) is 5.91 Å². The Morgan fingerprint density at radius 1 is 1.33 bits per heavy atom. The number of carbonyl (C=O) groups is 1. The molecule has 0 aromatic carbocycles. The van der Waals surface area contributed by atoms with E-state index < -0.39 is 0 Å². The molecule has 1 aliphatic rings. The first-order valence-electron chi connectivity index (χ1n) is 7.18. The van der Waals surface area contributed by atoms with Gasteiger partial charge in [-0.2, -0.15) is 0 Å². The molecule has 1 amide bonds. The predicted molar refractivity (Wildman–Crippen MR) is 73.6 cm³/mol. The van der Waals surface area contributed by atoms with Crippen LogP contribution in [0.5, 0.6) is 0 Å². The van der Waals surface area contributed by atoms with E-state index in [9.17, 15) is 4.79 Å². The van der Waals surface area contributed by atoms with Crippen LogP contribution < -0.4 is 10.6 Å². The maximum absolute atomic E-state index is 12.0. The number of amides is 1. The summed E-state index contributed by atoms with van der Waals surface area (Å²) in [6.45, 7) is 5.24. The molecule has 1 fully saturated rings. The number of ether oxygens (including phenoxy) is 1. The zero-order valence-corrected chi connectivity index (χ0v) is 12.1. The van der Waals surface area contributed by atoms with Crippen LogP contribution in [0.25, 0.3) is 0 Å². The van der Waals surface area contributed by atoms with E-state index in [1.54, 1.807) is 0 Å². The SMILES string of the molecule is CCOCC(C)NC(=O)CC1(NC)CCCCC1. The fourth-order valence-electron chi connectivity index (χ4n) is 2.71. The van der Waals surface area contributed by atoms with Crippen molar-refractivity contribution in [3.05, 3.63) is 0 Å². The minimum atomic E-state index is 0.0215. The fraction of sp³-hybridized carbons (Fsp3) is 0.929. The van der Waals surface area contributed by atoms with Crippen LogP contribution >= 0.6 is 0 Å². The molecule has 0 aromatic rings. The largest absolute Gasteiger partial charge is 0.380 e. The Kier molecular flexibility index (Phi) is 6.65. The molecule has 1 atom stereocenters. The van der Waals surface area contributed by atoms with Crippen LogP contribution in [0.2, 0.25) is 0 Å². The molecule has 0 saturated heterocycles. The molecule has 0 bridgehead atoms. The average Bonchev–Trinajstić information content (AvgIpc) is 2.37. The minimum Gasteiger partial charge on any atom is -0.380 e. The molecule has 1 saturated carbocycles. The number of hydrogen-bond donors (Lipinski definition) is 2. The third-order valence-electron chi connectivity index (χ3n) is 3.82. The van der Waals surface area contributed by atoms with E-state index in [0.717, 1.165) is 12.8 Å². The van der Waals surface area contributed by atoms with Gasteiger partial charge in [0.25, 0.3) is 0 Å². The van der Waals surface area contributed by atoms with Crippen LogP contribution in [0.4, 0.5) is 0 Å². The van der Waals surface area contributed by atoms with Gasteiger partial charge < -0.3 is 15.4 Å². The molecule has 0 aromatic heterocycles. The van der Waals surface area contributed by atoms with Crippen molar-refractivity contribution in [2.24, 2.45) is 0 Å². The lowest BCUT2D eigenvalue weighted by molar-refractivity contribution is -0.123. The molecule has 0 heterocycles. The second kappa shape index (κ2) is 7.74. The van der Waals surface area contributed by atoms with Gasteiger partial charge in [0.1, 0.15) is 0 Å². The molecule has 1 aliphatic carbocycles. The van der Waals surface area contributed by atoms with Gasteiger partial charge in [0.15, 0.2) is 0 Å². The van der Waals surface area contributed by atoms with E-state index >= 15 is 0 Å². The van der Waals surface area contributed by atoms with Gasteiger partial charge in [-0.1, -0.05) is 19.3 Å². The molecule has 2 N–H and O–H groups in total. The topological polar surface area (TPSA) is 50.4 Å². The first kappa shape index (κ1) is 15.4. The smallest absolute Gasteiger partial charge is 0.222 e. The van der Waals surface area contributed by atoms with Crippen LogP contribution in [0.1, 0.15) is 52.4 Å². The van der Waals surface area contributed by atoms with Crippen molar-refractivity contribution in [2.75, 3.05) is 20.3 Å². The standard InChI is InChI=1S/C14H28N2O2/c1-4-18-11-12(2)16-13(17)10-14(15-3)8-6-5-7-9-14/h12,15H,4-11H2,1-3H3,(H,16,17). The highest BCUT2D eigenvalue weighted by atomic mass is 16.5. The summed E-state index contributed by atoms with van der Waals surface area (Å²) in [6, 6.07) is 0.0925. The minimum absolute atomic E-state index is 0.0215. The number of carbonyl (C=O) groups excluding carboxylic acids is 1. The molecule has 1 rings (SSSR count). The quantitative estimate of drug-likeness (QED) is 0.731. The van der Waals surface area contributed by atoms with Crippen molar-refractivity contribution in [1.29, 1.82) is 0 Å². The Hall–Kier alpha value is -0.610. The van der Waals surface area contributed by atoms with Gasteiger partial charge in [0, 0.05) is 24.6 Å². The van der Waals surface area contributed by atoms with Gasteiger partial charge in [-0.05, 0) is 33.7 Å². The van der Waals surface area contributed by atoms with Crippen LogP contribution in [0.3, 0.4) is 0 Å². The second-order valence-electron chi connectivity index (χ2n) is 5.40. The van der Waals surface area contributed by atoms with Crippen LogP contribution in [-0.4, -0.2) is 37.7 Å². The lowest BCUT2D eigenvalue weighted by atomic mass is 9.79. The molecule has 1 unspecified atom stereocenters. The fourth-order valence-corrected chi connectivity index (χ4v) is 2.71. The van der Waals surface area contributed by atoms with Crippen LogP contribution in [0, 0.1) is 0 Å². The average molecular weight is 256 g/mol. The third kappa shape index (κ3) is 4.94. The molecule has 0 radical (unpaired) electrons. The first-order chi connectivity index (χ1) is 8.62. The van der Waals surface area contributed by atoms with Crippen LogP contribution in [0.15, 0.2) is 0 Å². The number of rotatable bonds is 7. The third-order valence-corrected chi connectivity index (χ3v) is 3.82. The molecule has 18 heavy (non-hydrogen) atoms. The Labute approximate surface area is 111 Å². The summed E-state index contributed by atoms with van der Waals surface area (Å²) in [5.74, 6) is 0.137. The van der Waals surface area contributed by atoms with Gasteiger partial charge >= 0.3 is 0 Å². The van der Waals surface area contributed by atoms with Crippen LogP contribution in [-0.2, 0) is 9.53 Å². The summed E-state index contributed by atoms with van der Waals surface area (Å²) in [6.07, 6.45) is 6.55. The van der Waals surface area contributed by atoms with E-state index in [1.807, 2.05) is 20.9 Å². The maximum atomic E-state index is 12.0. The second-order valence-corrected chi connectivity index (χ2v) is 5.40. The van der Waals surface area contributed by atoms with Crippen molar-refractivity contribution in [3.63, 3.8) is 0 Å². The Balaban J connectivity index is 2.37. The van der Waals surface area contributed by atoms with E-state index in [2.05, 4.69) is 10.6 Å². The molecular weight excluding hydrogens is 228 g/mol. The van der Waals surface area contributed by atoms with Crippen molar-refractivity contribution < 1.29 is 9.53 Å². The monoisotopic (exact) mass is 256 g/mol. The summed E-state index contributed by atoms with van der Waals surface area (Å²) in [4.78, 5) is 12.0. The summed E-state index contributed by atoms with van der Waals surface area (Å²) in [7, 11) is 1.97. The highest BCUT2D eigenvalue weighted by Gasteiger charge is 2.32. The summed E-state index contributed by atoms with van der Waals surface area (Å²) >= 11 is 0. The number of nitrogens with one attached hydrogen (secondary N) is 2. The molecule has 4 heteroatoms. The highest BCUT2D eigenvalue weighted by Crippen LogP contribution is 2.30. The number of hydrogen-bond acceptors (Lipinski definition) is 3. The van der Waals surface area contributed by atoms with E-state index in [1.165, 1.54) is 19.3 Å². The van der Waals surface area contributed by atoms with Crippen molar-refractivity contribution in [1.82, 2.24) is 10.6 Å². The first-order valence-corrected chi connectivity index (χ1v) is 7.18. The highest BCUT2D eigenvalue weighted by molar-refractivity contribution is 5.77. The molecule has 0 spiro atoms. The van der Waals surface area contributed by atoms with Gasteiger partial charge in [-0.3, -0.25) is 4.79 Å². The maximum Gasteiger partial charge on any atom is 0.222 e. The van der Waals surface area contributed by atoms with Gasteiger partial charge in [-0.15, -0.1) is 0 Å². The zero-order valence-electron chi connectivity index (χ0n) is 12.1. The van der Waals surface area contributed by atoms with E-state index in [0.29, 0.717) is 19.6 Å². The van der Waals surface area contributed by atoms with Crippen molar-refractivity contribution >= 4 is 5.91 Å². The van der Waals surface area contributed by atoms with Gasteiger partial charge in [0.05, 0.1) is 6.61 Å². The van der Waals surface area contributed by atoms with Crippen molar-refractivity contribution in [2.45, 2.75) is 64.0 Å². The van der Waals surface area contributed by atoms with Crippen molar-refractivity contribution in [3.8, 4) is 0 Å². The Morgan fingerprint density at radius 2 is 2.00 bits per heavy atom. The molecule has 4 nitrogen and oxygen atoms in total. The lowest BCUT2D eigenvalue weighted by Gasteiger charge is -2.37. The predicted octanol–water partition coefficient (Wildman–Crippen LogP) is 1.84. The van der Waals surface area contributed by atoms with Gasteiger partial charge in [-0.25, -0.2) is 0 Å². The summed E-state index contributed by atoms with van der Waals surface area (Å²) in [5.41, 5.74) is 0.0215.